The SMILES string of the molecule is Cc1cn([C@H]2C[C@H](O)[C@@H](COP(=O)(O)O[C@H]3C[C@H](n4c(SCC[Si](C)(C)C)nc5c(=O)[nH]c(N)nc54)O[C@@H]3CO)O2)c(=O)[nH]c1=O. The van der Waals surface area contributed by atoms with Crippen LogP contribution >= 0.6 is 19.6 Å². The number of nitrogens with zero attached hydrogens (tertiary/aromatic N) is 4. The van der Waals surface area contributed by atoms with E-state index >= 15 is 0 Å². The molecule has 0 spiro atoms. The van der Waals surface area contributed by atoms with Gasteiger partial charge >= 0.3 is 13.5 Å². The van der Waals surface area contributed by atoms with E-state index in [0.29, 0.717) is 10.9 Å². The molecule has 254 valence electrons. The van der Waals surface area contributed by atoms with Crippen molar-refractivity contribution in [2.75, 3.05) is 24.7 Å². The van der Waals surface area contributed by atoms with Crippen LogP contribution in [0.4, 0.5) is 5.95 Å². The number of aryl methyl sites for hydroxylation is 1. The highest BCUT2D eigenvalue weighted by Gasteiger charge is 2.44. The lowest BCUT2D eigenvalue weighted by Gasteiger charge is -2.22. The van der Waals surface area contributed by atoms with Gasteiger partial charge in [0.15, 0.2) is 16.3 Å². The first-order valence-electron chi connectivity index (χ1n) is 14.5. The summed E-state index contributed by atoms with van der Waals surface area (Å²) in [4.78, 5) is 60.5. The fourth-order valence-corrected chi connectivity index (χ4v) is 9.63. The number of aliphatic hydroxyl groups is 2. The van der Waals surface area contributed by atoms with Crippen molar-refractivity contribution in [2.45, 2.75) is 87.5 Å². The number of phosphoric acid groups is 1. The molecule has 2 aliphatic heterocycles. The van der Waals surface area contributed by atoms with Gasteiger partial charge in [-0.25, -0.2) is 14.3 Å². The molecule has 0 saturated carbocycles. The minimum Gasteiger partial charge on any atom is -0.394 e. The average Bonchev–Trinajstić information content (AvgIpc) is 3.63. The predicted molar refractivity (Wildman–Crippen MR) is 168 cm³/mol. The van der Waals surface area contributed by atoms with E-state index in [9.17, 15) is 34.1 Å². The van der Waals surface area contributed by atoms with Crippen LogP contribution in [0, 0.1) is 6.92 Å². The lowest BCUT2D eigenvalue weighted by Crippen LogP contribution is -2.33. The maximum absolute atomic E-state index is 13.0. The average molecular weight is 704 g/mol. The molecule has 3 aromatic heterocycles. The van der Waals surface area contributed by atoms with Crippen LogP contribution in [0.1, 0.15) is 30.9 Å². The molecule has 2 fully saturated rings. The third-order valence-electron chi connectivity index (χ3n) is 7.60. The van der Waals surface area contributed by atoms with Crippen LogP contribution in [0.25, 0.3) is 11.2 Å². The molecule has 2 saturated heterocycles. The zero-order valence-corrected chi connectivity index (χ0v) is 28.3. The molecule has 0 aromatic carbocycles. The first kappa shape index (κ1) is 34.7. The molecule has 0 radical (unpaired) electrons. The smallest absolute Gasteiger partial charge is 0.394 e. The fourth-order valence-electron chi connectivity index (χ4n) is 5.13. The van der Waals surface area contributed by atoms with Gasteiger partial charge in [-0.2, -0.15) is 4.98 Å². The first-order chi connectivity index (χ1) is 21.5. The molecular weight excluding hydrogens is 665 g/mol. The number of H-pyrrole nitrogens is 2. The molecule has 7 N–H and O–H groups in total. The number of rotatable bonds is 12. The number of nitrogen functional groups attached to an aromatic ring is 1. The Labute approximate surface area is 266 Å². The van der Waals surface area contributed by atoms with Crippen molar-refractivity contribution in [1.82, 2.24) is 29.1 Å². The Bertz CT molecular complexity index is 1810. The highest BCUT2D eigenvalue weighted by atomic mass is 32.2. The highest BCUT2D eigenvalue weighted by Crippen LogP contribution is 2.49. The van der Waals surface area contributed by atoms with Gasteiger partial charge in [-0.1, -0.05) is 31.4 Å². The number of anilines is 1. The number of fused-ring (bicyclic) bond motifs is 1. The molecule has 7 atom stereocenters. The summed E-state index contributed by atoms with van der Waals surface area (Å²) >= 11 is 1.41. The number of imidazole rings is 1. The molecule has 1 unspecified atom stereocenters. The topological polar surface area (TPSA) is 259 Å². The quantitative estimate of drug-likeness (QED) is 0.0849. The van der Waals surface area contributed by atoms with E-state index in [2.05, 4.69) is 39.6 Å². The first-order valence-corrected chi connectivity index (χ1v) is 20.7. The van der Waals surface area contributed by atoms with Crippen molar-refractivity contribution in [2.24, 2.45) is 0 Å². The van der Waals surface area contributed by atoms with Crippen LogP contribution in [0.15, 0.2) is 25.7 Å². The summed E-state index contributed by atoms with van der Waals surface area (Å²) in [5, 5.41) is 21.0. The molecule has 3 aromatic rings. The lowest BCUT2D eigenvalue weighted by molar-refractivity contribution is -0.0575. The molecule has 0 aliphatic carbocycles. The fraction of sp³-hybridized carbons (Fsp3) is 0.640. The van der Waals surface area contributed by atoms with Crippen molar-refractivity contribution in [1.29, 1.82) is 0 Å². The summed E-state index contributed by atoms with van der Waals surface area (Å²) in [5.74, 6) is 0.586. The second kappa shape index (κ2) is 13.5. The number of hydrogen-bond donors (Lipinski definition) is 6. The largest absolute Gasteiger partial charge is 0.472 e. The van der Waals surface area contributed by atoms with Gasteiger partial charge in [-0.3, -0.25) is 37.7 Å². The maximum Gasteiger partial charge on any atom is 0.472 e. The predicted octanol–water partition coefficient (Wildman–Crippen LogP) is 0.421. The zero-order chi connectivity index (χ0) is 33.6. The number of aromatic nitrogens is 6. The van der Waals surface area contributed by atoms with Crippen LogP contribution in [0.3, 0.4) is 0 Å². The summed E-state index contributed by atoms with van der Waals surface area (Å²) in [7, 11) is -6.21. The van der Waals surface area contributed by atoms with E-state index in [1.54, 1.807) is 4.57 Å². The second-order valence-electron chi connectivity index (χ2n) is 12.4. The molecule has 21 heteroatoms. The molecule has 0 amide bonds. The number of aliphatic hydroxyl groups excluding tert-OH is 2. The highest BCUT2D eigenvalue weighted by molar-refractivity contribution is 7.99. The van der Waals surface area contributed by atoms with Crippen LogP contribution in [0.5, 0.6) is 0 Å². The van der Waals surface area contributed by atoms with E-state index in [4.69, 9.17) is 24.3 Å². The number of thioether (sulfide) groups is 1. The zero-order valence-electron chi connectivity index (χ0n) is 25.6. The van der Waals surface area contributed by atoms with Gasteiger partial charge in [-0.05, 0) is 18.7 Å². The molecule has 18 nitrogen and oxygen atoms in total. The Hall–Kier alpha value is -2.65. The van der Waals surface area contributed by atoms with Crippen LogP contribution in [0.2, 0.25) is 25.7 Å². The number of ether oxygens (including phenoxy) is 2. The molecule has 46 heavy (non-hydrogen) atoms. The summed E-state index contributed by atoms with van der Waals surface area (Å²) < 4.78 is 38.0. The van der Waals surface area contributed by atoms with E-state index < -0.39 is 82.8 Å². The molecule has 0 bridgehead atoms. The summed E-state index contributed by atoms with van der Waals surface area (Å²) in [5.41, 5.74) is 4.45. The number of phosphoric ester groups is 1. The Balaban J connectivity index is 1.29. The van der Waals surface area contributed by atoms with Gasteiger partial charge in [0.2, 0.25) is 5.95 Å². The Morgan fingerprint density at radius 1 is 1.13 bits per heavy atom. The van der Waals surface area contributed by atoms with Gasteiger partial charge < -0.3 is 30.3 Å². The Morgan fingerprint density at radius 3 is 2.54 bits per heavy atom. The standard InChI is InChI=1S/C25H38N7O11PSSi/c1-12-9-31(24(37)30-21(12)35)17-7-13(34)16(42-17)11-40-44(38,39)43-14-8-18(41-15(14)10-33)32-20-19(22(36)29-23(26)28-20)27-25(32)45-5-6-46(2,3)4/h9,13-18,33-34H,5-8,10-11H2,1-4H3,(H,38,39)(H,30,35,37)(H3,26,28,29,36)/t13-,14-,15+,16+,17+,18+/m0/s1. The van der Waals surface area contributed by atoms with Crippen molar-refractivity contribution < 1.29 is 38.2 Å². The molecule has 5 rings (SSSR count). The van der Waals surface area contributed by atoms with E-state index in [0.717, 1.165) is 10.6 Å². The molecule has 2 aliphatic rings. The van der Waals surface area contributed by atoms with E-state index in [1.165, 1.54) is 24.9 Å². The maximum atomic E-state index is 13.0. The van der Waals surface area contributed by atoms with Crippen molar-refractivity contribution in [3.8, 4) is 0 Å². The van der Waals surface area contributed by atoms with Gasteiger partial charge in [0.25, 0.3) is 11.1 Å². The third-order valence-corrected chi connectivity index (χ3v) is 11.7. The van der Waals surface area contributed by atoms with E-state index in [1.807, 2.05) is 0 Å². The monoisotopic (exact) mass is 703 g/mol. The minimum atomic E-state index is -4.82. The van der Waals surface area contributed by atoms with Gasteiger partial charge in [0, 0.05) is 32.7 Å². The van der Waals surface area contributed by atoms with Gasteiger partial charge in [0.1, 0.15) is 30.8 Å². The number of nitrogens with one attached hydrogen (secondary N) is 2. The van der Waals surface area contributed by atoms with Crippen LogP contribution in [-0.2, 0) is 23.1 Å². The van der Waals surface area contributed by atoms with Crippen molar-refractivity contribution >= 4 is 44.8 Å². The normalized spacial score (nSPS) is 26.6. The molecule has 5 heterocycles. The van der Waals surface area contributed by atoms with E-state index in [-0.39, 0.29) is 35.5 Å². The minimum absolute atomic E-state index is 0.0420. The van der Waals surface area contributed by atoms with Crippen molar-refractivity contribution in [3.63, 3.8) is 0 Å². The lowest BCUT2D eigenvalue weighted by atomic mass is 10.2. The van der Waals surface area contributed by atoms with Crippen molar-refractivity contribution in [3.05, 3.63) is 43.0 Å². The van der Waals surface area contributed by atoms with Gasteiger partial charge in [-0.15, -0.1) is 0 Å². The second-order valence-corrected chi connectivity index (χ2v) is 20.5. The van der Waals surface area contributed by atoms with Gasteiger partial charge in [0.05, 0.1) is 19.3 Å². The summed E-state index contributed by atoms with van der Waals surface area (Å²) in [6.07, 6.45) is -5.08. The summed E-state index contributed by atoms with van der Waals surface area (Å²) in [6, 6.07) is 0.968. The van der Waals surface area contributed by atoms with Crippen LogP contribution < -0.4 is 22.5 Å². The summed E-state index contributed by atoms with van der Waals surface area (Å²) in [6.45, 7) is 7.07. The van der Waals surface area contributed by atoms with Crippen LogP contribution in [-0.4, -0.2) is 95.6 Å². The number of aromatic amines is 2. The molecular formula is C25H38N7O11PSSi. The number of nitrogens with two attached hydrogens (primary N) is 1. The Kier molecular flexibility index (Phi) is 10.1. The number of hydrogen-bond acceptors (Lipinski definition) is 14. The third kappa shape index (κ3) is 7.72. The Morgan fingerprint density at radius 2 is 1.85 bits per heavy atom.